The Labute approximate surface area is 244 Å². The molecular weight excluding hydrogens is 566 g/mol. The maximum atomic E-state index is 15.8. The van der Waals surface area contributed by atoms with Gasteiger partial charge in [0.2, 0.25) is 0 Å². The molecule has 2 aliphatic rings. The van der Waals surface area contributed by atoms with Crippen molar-refractivity contribution in [3.8, 4) is 22.9 Å². The molecule has 214 valence electrons. The van der Waals surface area contributed by atoms with Gasteiger partial charge in [-0.3, -0.25) is 9.78 Å². The number of benzene rings is 2. The third kappa shape index (κ3) is 4.62. The van der Waals surface area contributed by atoms with Crippen LogP contribution in [0.3, 0.4) is 0 Å². The van der Waals surface area contributed by atoms with Crippen molar-refractivity contribution in [3.05, 3.63) is 71.7 Å². The van der Waals surface area contributed by atoms with E-state index in [-0.39, 0.29) is 29.0 Å². The van der Waals surface area contributed by atoms with E-state index in [0.29, 0.717) is 65.1 Å². The molecular formula is C30H25ClF2N6O3. The van der Waals surface area contributed by atoms with Crippen molar-refractivity contribution in [2.45, 2.75) is 38.1 Å². The number of likely N-dealkylation sites (tertiary alicyclic amines) is 1. The summed E-state index contributed by atoms with van der Waals surface area (Å²) in [4.78, 5) is 31.4. The molecule has 2 aromatic carbocycles. The van der Waals surface area contributed by atoms with Crippen LogP contribution in [0.5, 0.6) is 11.8 Å². The molecule has 0 radical (unpaired) electrons. The molecule has 1 unspecified atom stereocenters. The second kappa shape index (κ2) is 10.6. The molecule has 2 aliphatic heterocycles. The number of pyridine rings is 1. The van der Waals surface area contributed by atoms with Crippen molar-refractivity contribution >= 4 is 39.4 Å². The molecule has 0 bridgehead atoms. The van der Waals surface area contributed by atoms with Gasteiger partial charge in [-0.25, -0.2) is 23.7 Å². The third-order valence-electron chi connectivity index (χ3n) is 7.89. The minimum Gasteiger partial charge on any atom is -0.424 e. The fourth-order valence-corrected chi connectivity index (χ4v) is 6.04. The van der Waals surface area contributed by atoms with Crippen LogP contribution >= 0.6 is 11.6 Å². The van der Waals surface area contributed by atoms with Crippen LogP contribution in [0.15, 0.2) is 55.0 Å². The van der Waals surface area contributed by atoms with Gasteiger partial charge in [0, 0.05) is 54.0 Å². The molecule has 0 spiro atoms. The average Bonchev–Trinajstić information content (AvgIpc) is 3.28. The molecule has 0 N–H and O–H groups in total. The van der Waals surface area contributed by atoms with E-state index >= 15 is 8.78 Å². The Morgan fingerprint density at radius 1 is 1.10 bits per heavy atom. The second-order valence-corrected chi connectivity index (χ2v) is 10.9. The lowest BCUT2D eigenvalue weighted by molar-refractivity contribution is -0.158. The van der Waals surface area contributed by atoms with Crippen molar-refractivity contribution in [1.29, 1.82) is 0 Å². The number of aromatic nitrogens is 5. The van der Waals surface area contributed by atoms with E-state index in [1.807, 2.05) is 11.5 Å². The molecule has 5 heterocycles. The second-order valence-electron chi connectivity index (χ2n) is 10.4. The first-order chi connectivity index (χ1) is 20.4. The monoisotopic (exact) mass is 590 g/mol. The van der Waals surface area contributed by atoms with Crippen LogP contribution < -0.4 is 4.74 Å². The van der Waals surface area contributed by atoms with Crippen LogP contribution in [0.2, 0.25) is 5.02 Å². The number of rotatable bonds is 5. The molecule has 42 heavy (non-hydrogen) atoms. The Morgan fingerprint density at radius 2 is 1.90 bits per heavy atom. The van der Waals surface area contributed by atoms with Gasteiger partial charge in [0.05, 0.1) is 41.4 Å². The normalized spacial score (nSPS) is 20.6. The van der Waals surface area contributed by atoms with E-state index < -0.39 is 24.1 Å². The molecule has 0 aliphatic carbocycles. The topological polar surface area (TPSA) is 95.3 Å². The SMILES string of the molecule is Cc1nc2cnc3cc(F)c(-c4ccc(Oc5ncccn5)cc4Cl)cc3c2n1[C@H]1CCN(C(=O)C2CCO2)C[C@@H]1F. The lowest BCUT2D eigenvalue weighted by Gasteiger charge is -2.39. The summed E-state index contributed by atoms with van der Waals surface area (Å²) in [6, 6.07) is 9.20. The first-order valence-corrected chi connectivity index (χ1v) is 14.0. The van der Waals surface area contributed by atoms with E-state index in [4.69, 9.17) is 21.1 Å². The zero-order chi connectivity index (χ0) is 29.0. The summed E-state index contributed by atoms with van der Waals surface area (Å²) >= 11 is 6.61. The molecule has 9 nitrogen and oxygen atoms in total. The van der Waals surface area contributed by atoms with Crippen LogP contribution in [0.4, 0.5) is 8.78 Å². The minimum atomic E-state index is -1.32. The van der Waals surface area contributed by atoms with Gasteiger partial charge in [-0.05, 0) is 37.6 Å². The summed E-state index contributed by atoms with van der Waals surface area (Å²) in [6.45, 7) is 2.75. The molecule has 7 rings (SSSR count). The maximum absolute atomic E-state index is 15.8. The Morgan fingerprint density at radius 3 is 2.62 bits per heavy atom. The van der Waals surface area contributed by atoms with Crippen molar-refractivity contribution in [3.63, 3.8) is 0 Å². The number of carbonyl (C=O) groups is 1. The van der Waals surface area contributed by atoms with E-state index in [9.17, 15) is 4.79 Å². The highest BCUT2D eigenvalue weighted by atomic mass is 35.5. The van der Waals surface area contributed by atoms with Crippen molar-refractivity contribution in [2.24, 2.45) is 0 Å². The quantitative estimate of drug-likeness (QED) is 0.254. The lowest BCUT2D eigenvalue weighted by atomic mass is 9.99. The smallest absolute Gasteiger partial charge is 0.321 e. The highest BCUT2D eigenvalue weighted by molar-refractivity contribution is 6.33. The van der Waals surface area contributed by atoms with Gasteiger partial charge < -0.3 is 18.9 Å². The number of alkyl halides is 1. The standard InChI is InChI=1S/C30H25ClF2N6O3/c1-16-37-25-14-36-24-13-22(32)19(18-4-3-17(11-21(18)31)42-30-34-7-2-8-35-30)12-20(24)28(25)39(16)26-5-9-38(15-23(26)33)29(40)27-6-10-41-27/h2-4,7-8,11-14,23,26-27H,5-6,9-10,15H2,1H3/t23-,26-,27?/m0/s1. The summed E-state index contributed by atoms with van der Waals surface area (Å²) in [7, 11) is 0. The molecule has 5 aromatic rings. The molecule has 3 aromatic heterocycles. The lowest BCUT2D eigenvalue weighted by Crippen LogP contribution is -2.52. The van der Waals surface area contributed by atoms with Gasteiger partial charge in [0.15, 0.2) is 0 Å². The predicted octanol–water partition coefficient (Wildman–Crippen LogP) is 5.84. The fraction of sp³-hybridized carbons (Fsp3) is 0.300. The molecule has 0 saturated carbocycles. The summed E-state index contributed by atoms with van der Waals surface area (Å²) in [5, 5.41) is 0.884. The van der Waals surface area contributed by atoms with E-state index in [1.54, 1.807) is 53.8 Å². The number of nitrogens with zero attached hydrogens (tertiary/aromatic N) is 6. The Balaban J connectivity index is 1.26. The van der Waals surface area contributed by atoms with Crippen LogP contribution in [0.1, 0.15) is 24.7 Å². The molecule has 2 saturated heterocycles. The minimum absolute atomic E-state index is 0.0244. The van der Waals surface area contributed by atoms with Crippen molar-refractivity contribution in [1.82, 2.24) is 29.4 Å². The summed E-state index contributed by atoms with van der Waals surface area (Å²) in [6.07, 6.45) is 3.97. The number of carbonyl (C=O) groups excluding carboxylic acids is 1. The summed E-state index contributed by atoms with van der Waals surface area (Å²) in [5.74, 6) is 0.348. The highest BCUT2D eigenvalue weighted by Gasteiger charge is 2.38. The first kappa shape index (κ1) is 26.7. The fourth-order valence-electron chi connectivity index (χ4n) is 5.77. The van der Waals surface area contributed by atoms with Crippen molar-refractivity contribution < 1.29 is 23.0 Å². The first-order valence-electron chi connectivity index (χ1n) is 13.6. The molecule has 2 fully saturated rings. The van der Waals surface area contributed by atoms with Crippen LogP contribution in [-0.4, -0.2) is 67.3 Å². The van der Waals surface area contributed by atoms with E-state index in [1.165, 1.54) is 6.07 Å². The summed E-state index contributed by atoms with van der Waals surface area (Å²) in [5.41, 5.74) is 2.35. The van der Waals surface area contributed by atoms with Gasteiger partial charge >= 0.3 is 6.01 Å². The summed E-state index contributed by atoms with van der Waals surface area (Å²) < 4.78 is 44.1. The van der Waals surface area contributed by atoms with Gasteiger partial charge in [-0.2, -0.15) is 0 Å². The zero-order valence-electron chi connectivity index (χ0n) is 22.5. The number of hydrogen-bond acceptors (Lipinski definition) is 7. The number of ether oxygens (including phenoxy) is 2. The Hall–Kier alpha value is -4.22. The van der Waals surface area contributed by atoms with E-state index in [0.717, 1.165) is 0 Å². The van der Waals surface area contributed by atoms with Gasteiger partial charge in [0.25, 0.3) is 5.91 Å². The maximum Gasteiger partial charge on any atom is 0.321 e. The number of hydrogen-bond donors (Lipinski definition) is 0. The zero-order valence-corrected chi connectivity index (χ0v) is 23.3. The van der Waals surface area contributed by atoms with Crippen LogP contribution in [-0.2, 0) is 9.53 Å². The van der Waals surface area contributed by atoms with Crippen molar-refractivity contribution in [2.75, 3.05) is 19.7 Å². The van der Waals surface area contributed by atoms with Crippen LogP contribution in [0, 0.1) is 12.7 Å². The van der Waals surface area contributed by atoms with Gasteiger partial charge in [-0.15, -0.1) is 0 Å². The third-order valence-corrected chi connectivity index (χ3v) is 8.20. The van der Waals surface area contributed by atoms with Crippen LogP contribution in [0.25, 0.3) is 33.1 Å². The number of imidazole rings is 1. The average molecular weight is 591 g/mol. The Kier molecular flexibility index (Phi) is 6.70. The molecule has 12 heteroatoms. The number of piperidine rings is 1. The van der Waals surface area contributed by atoms with E-state index in [2.05, 4.69) is 19.9 Å². The number of aryl methyl sites for hydroxylation is 1. The van der Waals surface area contributed by atoms with Gasteiger partial charge in [0.1, 0.15) is 35.2 Å². The molecule has 3 atom stereocenters. The highest BCUT2D eigenvalue weighted by Crippen LogP contribution is 2.39. The predicted molar refractivity (Wildman–Crippen MR) is 152 cm³/mol. The Bertz CT molecular complexity index is 1830. The van der Waals surface area contributed by atoms with Gasteiger partial charge in [-0.1, -0.05) is 11.6 Å². The largest absolute Gasteiger partial charge is 0.424 e. The number of amides is 1. The number of halogens is 3. The number of fused-ring (bicyclic) bond motifs is 3. The molecule has 1 amide bonds.